The molecule has 1 amide bonds. The molecular weight excluding hydrogens is 298 g/mol. The molecule has 3 atom stereocenters. The van der Waals surface area contributed by atoms with Gasteiger partial charge in [-0.15, -0.1) is 0 Å². The molecule has 3 heteroatoms. The molecule has 4 rings (SSSR count). The van der Waals surface area contributed by atoms with Crippen molar-refractivity contribution in [2.24, 2.45) is 17.8 Å². The average molecular weight is 321 g/mol. The Kier molecular flexibility index (Phi) is 4.24. The summed E-state index contributed by atoms with van der Waals surface area (Å²) in [5, 5.41) is 3.02. The number of carbonyl (C=O) groups is 1. The lowest BCUT2D eigenvalue weighted by atomic mass is 9.86. The maximum Gasteiger partial charge on any atom is 0.224 e. The number of hydrogen-bond acceptors (Lipinski definition) is 2. The fraction of sp³-hybridized carbons (Fsp3) is 0.381. The second-order valence-corrected chi connectivity index (χ2v) is 7.13. The van der Waals surface area contributed by atoms with Gasteiger partial charge in [0.2, 0.25) is 5.91 Å². The van der Waals surface area contributed by atoms with Crippen LogP contribution in [0.25, 0.3) is 0 Å². The Morgan fingerprint density at radius 2 is 1.71 bits per heavy atom. The molecule has 0 aromatic heterocycles. The number of ether oxygens (including phenoxy) is 1. The molecule has 2 aromatic rings. The van der Waals surface area contributed by atoms with Crippen LogP contribution in [0.1, 0.15) is 32.1 Å². The molecule has 1 N–H and O–H groups in total. The largest absolute Gasteiger partial charge is 0.457 e. The lowest BCUT2D eigenvalue weighted by Crippen LogP contribution is -2.20. The van der Waals surface area contributed by atoms with Crippen molar-refractivity contribution in [1.29, 1.82) is 0 Å². The van der Waals surface area contributed by atoms with Crippen molar-refractivity contribution in [1.82, 2.24) is 0 Å². The van der Waals surface area contributed by atoms with Gasteiger partial charge in [0.15, 0.2) is 0 Å². The number of rotatable bonds is 5. The third kappa shape index (κ3) is 3.45. The molecule has 24 heavy (non-hydrogen) atoms. The smallest absolute Gasteiger partial charge is 0.224 e. The van der Waals surface area contributed by atoms with Crippen LogP contribution in [-0.4, -0.2) is 5.91 Å². The normalized spacial score (nSPS) is 24.8. The monoisotopic (exact) mass is 321 g/mol. The van der Waals surface area contributed by atoms with Gasteiger partial charge < -0.3 is 10.1 Å². The number of nitrogens with one attached hydrogen (secondary N) is 1. The van der Waals surface area contributed by atoms with Gasteiger partial charge in [-0.05, 0) is 73.4 Å². The highest BCUT2D eigenvalue weighted by molar-refractivity contribution is 5.90. The van der Waals surface area contributed by atoms with Crippen LogP contribution in [-0.2, 0) is 4.79 Å². The number of para-hydroxylation sites is 1. The zero-order valence-electron chi connectivity index (χ0n) is 13.8. The number of anilines is 1. The molecule has 2 aliphatic rings. The van der Waals surface area contributed by atoms with Crippen molar-refractivity contribution in [2.75, 3.05) is 5.32 Å². The standard InChI is InChI=1S/C21H23NO2/c23-21(14-17-13-15-6-7-16(17)12-15)22-18-8-10-20(11-9-18)24-19-4-2-1-3-5-19/h1-5,8-11,15-17H,6-7,12-14H2,(H,22,23)/t15-,16+,17-/m0/s1. The van der Waals surface area contributed by atoms with Crippen molar-refractivity contribution in [3.8, 4) is 11.5 Å². The highest BCUT2D eigenvalue weighted by Gasteiger charge is 2.40. The van der Waals surface area contributed by atoms with Crippen molar-refractivity contribution in [2.45, 2.75) is 32.1 Å². The van der Waals surface area contributed by atoms with Gasteiger partial charge in [0.1, 0.15) is 11.5 Å². The van der Waals surface area contributed by atoms with E-state index in [0.717, 1.165) is 29.0 Å². The number of fused-ring (bicyclic) bond motifs is 2. The summed E-state index contributed by atoms with van der Waals surface area (Å²) in [5.74, 6) is 4.01. The Hall–Kier alpha value is -2.29. The summed E-state index contributed by atoms with van der Waals surface area (Å²) in [6.45, 7) is 0. The Morgan fingerprint density at radius 1 is 0.958 bits per heavy atom. The van der Waals surface area contributed by atoms with E-state index in [4.69, 9.17) is 4.74 Å². The van der Waals surface area contributed by atoms with Crippen molar-refractivity contribution < 1.29 is 9.53 Å². The van der Waals surface area contributed by atoms with Crippen LogP contribution in [0.4, 0.5) is 5.69 Å². The number of benzene rings is 2. The first kappa shape index (κ1) is 15.3. The first-order valence-corrected chi connectivity index (χ1v) is 8.89. The van der Waals surface area contributed by atoms with Crippen LogP contribution in [0.2, 0.25) is 0 Å². The zero-order chi connectivity index (χ0) is 16.4. The SMILES string of the molecule is O=C(C[C@@H]1C[C@H]2CC[C@@H]1C2)Nc1ccc(Oc2ccccc2)cc1. The molecule has 2 bridgehead atoms. The Labute approximate surface area is 143 Å². The summed E-state index contributed by atoms with van der Waals surface area (Å²) in [6, 6.07) is 17.3. The Balaban J connectivity index is 1.31. The summed E-state index contributed by atoms with van der Waals surface area (Å²) in [5.41, 5.74) is 0.837. The lowest BCUT2D eigenvalue weighted by molar-refractivity contribution is -0.117. The van der Waals surface area contributed by atoms with Gasteiger partial charge in [0.25, 0.3) is 0 Å². The third-order valence-electron chi connectivity index (χ3n) is 5.45. The minimum Gasteiger partial charge on any atom is -0.457 e. The maximum atomic E-state index is 12.3. The first-order chi connectivity index (χ1) is 11.8. The van der Waals surface area contributed by atoms with Crippen LogP contribution < -0.4 is 10.1 Å². The van der Waals surface area contributed by atoms with Crippen LogP contribution >= 0.6 is 0 Å². The number of amides is 1. The second-order valence-electron chi connectivity index (χ2n) is 7.13. The van der Waals surface area contributed by atoms with Crippen molar-refractivity contribution in [3.05, 3.63) is 54.6 Å². The molecule has 0 spiro atoms. The topological polar surface area (TPSA) is 38.3 Å². The summed E-state index contributed by atoms with van der Waals surface area (Å²) in [4.78, 5) is 12.3. The van der Waals surface area contributed by atoms with E-state index in [1.165, 1.54) is 25.7 Å². The summed E-state index contributed by atoms with van der Waals surface area (Å²) in [7, 11) is 0. The number of carbonyl (C=O) groups excluding carboxylic acids is 1. The van der Waals surface area contributed by atoms with E-state index in [-0.39, 0.29) is 5.91 Å². The van der Waals surface area contributed by atoms with Gasteiger partial charge >= 0.3 is 0 Å². The molecule has 0 heterocycles. The fourth-order valence-corrected chi connectivity index (χ4v) is 4.31. The molecule has 3 nitrogen and oxygen atoms in total. The lowest BCUT2D eigenvalue weighted by Gasteiger charge is -2.20. The van der Waals surface area contributed by atoms with Gasteiger partial charge in [0.05, 0.1) is 0 Å². The molecule has 2 fully saturated rings. The van der Waals surface area contributed by atoms with E-state index >= 15 is 0 Å². The molecule has 2 aliphatic carbocycles. The highest BCUT2D eigenvalue weighted by Crippen LogP contribution is 2.49. The Morgan fingerprint density at radius 3 is 2.38 bits per heavy atom. The predicted octanol–water partition coefficient (Wildman–Crippen LogP) is 5.24. The minimum atomic E-state index is 0.143. The zero-order valence-corrected chi connectivity index (χ0v) is 13.8. The first-order valence-electron chi connectivity index (χ1n) is 8.89. The van der Waals surface area contributed by atoms with Crippen LogP contribution in [0.3, 0.4) is 0 Å². The van der Waals surface area contributed by atoms with E-state index in [1.54, 1.807) is 0 Å². The summed E-state index contributed by atoms with van der Waals surface area (Å²) >= 11 is 0. The molecule has 0 saturated heterocycles. The molecule has 0 unspecified atom stereocenters. The Bertz CT molecular complexity index is 696. The van der Waals surface area contributed by atoms with Crippen LogP contribution in [0.15, 0.2) is 54.6 Å². The molecule has 0 radical (unpaired) electrons. The third-order valence-corrected chi connectivity index (χ3v) is 5.45. The average Bonchev–Trinajstić information content (AvgIpc) is 3.20. The van der Waals surface area contributed by atoms with Gasteiger partial charge in [0, 0.05) is 12.1 Å². The van der Waals surface area contributed by atoms with E-state index in [0.29, 0.717) is 12.3 Å². The summed E-state index contributed by atoms with van der Waals surface area (Å²) in [6.07, 6.45) is 5.98. The maximum absolute atomic E-state index is 12.3. The quantitative estimate of drug-likeness (QED) is 0.817. The van der Waals surface area contributed by atoms with E-state index in [9.17, 15) is 4.79 Å². The second kappa shape index (κ2) is 6.68. The minimum absolute atomic E-state index is 0.143. The van der Waals surface area contributed by atoms with Gasteiger partial charge in [-0.25, -0.2) is 0 Å². The van der Waals surface area contributed by atoms with Crippen LogP contribution in [0.5, 0.6) is 11.5 Å². The summed E-state index contributed by atoms with van der Waals surface area (Å²) < 4.78 is 5.77. The van der Waals surface area contributed by atoms with Gasteiger partial charge in [-0.3, -0.25) is 4.79 Å². The molecule has 2 saturated carbocycles. The van der Waals surface area contributed by atoms with E-state index < -0.39 is 0 Å². The predicted molar refractivity (Wildman–Crippen MR) is 95.1 cm³/mol. The number of hydrogen-bond donors (Lipinski definition) is 1. The van der Waals surface area contributed by atoms with Gasteiger partial charge in [-0.2, -0.15) is 0 Å². The van der Waals surface area contributed by atoms with Gasteiger partial charge in [-0.1, -0.05) is 24.6 Å². The molecular formula is C21H23NO2. The molecule has 124 valence electrons. The molecule has 2 aromatic carbocycles. The van der Waals surface area contributed by atoms with Crippen LogP contribution in [0, 0.1) is 17.8 Å². The van der Waals surface area contributed by atoms with E-state index in [2.05, 4.69) is 5.32 Å². The van der Waals surface area contributed by atoms with Crippen molar-refractivity contribution in [3.63, 3.8) is 0 Å². The molecule has 0 aliphatic heterocycles. The van der Waals surface area contributed by atoms with Crippen molar-refractivity contribution >= 4 is 11.6 Å². The highest BCUT2D eigenvalue weighted by atomic mass is 16.5. The van der Waals surface area contributed by atoms with E-state index in [1.807, 2.05) is 54.6 Å². The fourth-order valence-electron chi connectivity index (χ4n) is 4.31.